The number of amides is 1. The van der Waals surface area contributed by atoms with Crippen molar-refractivity contribution in [3.63, 3.8) is 0 Å². The zero-order chi connectivity index (χ0) is 20.5. The molecule has 2 rings (SSSR count). The summed E-state index contributed by atoms with van der Waals surface area (Å²) in [6, 6.07) is 11.8. The average Bonchev–Trinajstić information content (AvgIpc) is 2.70. The molecule has 0 saturated carbocycles. The van der Waals surface area contributed by atoms with Crippen LogP contribution in [0.2, 0.25) is 0 Å². The molecule has 0 saturated heterocycles. The fourth-order valence-corrected chi connectivity index (χ4v) is 3.84. The molecule has 1 aromatic heterocycles. The average molecular weight is 435 g/mol. The Morgan fingerprint density at radius 3 is 2.61 bits per heavy atom. The van der Waals surface area contributed by atoms with Crippen LogP contribution in [-0.4, -0.2) is 39.9 Å². The minimum atomic E-state index is -0.382. The van der Waals surface area contributed by atoms with E-state index in [0.717, 1.165) is 9.79 Å². The molecule has 1 amide bonds. The maximum atomic E-state index is 12.9. The lowest BCUT2D eigenvalue weighted by atomic mass is 10.2. The van der Waals surface area contributed by atoms with Gasteiger partial charge in [-0.05, 0) is 37.4 Å². The molecule has 1 aromatic carbocycles. The van der Waals surface area contributed by atoms with Crippen molar-refractivity contribution in [2.75, 3.05) is 18.7 Å². The van der Waals surface area contributed by atoms with Crippen LogP contribution in [-0.2, 0) is 0 Å². The van der Waals surface area contributed by atoms with Gasteiger partial charge in [0.2, 0.25) is 0 Å². The van der Waals surface area contributed by atoms with Crippen LogP contribution in [0, 0.1) is 6.92 Å². The van der Waals surface area contributed by atoms with Gasteiger partial charge in [-0.3, -0.25) is 10.1 Å². The van der Waals surface area contributed by atoms with Crippen LogP contribution in [0.1, 0.15) is 16.1 Å². The third kappa shape index (κ3) is 6.68. The van der Waals surface area contributed by atoms with Crippen LogP contribution in [0.25, 0.3) is 0 Å². The van der Waals surface area contributed by atoms with Gasteiger partial charge in [0.05, 0.1) is 17.3 Å². The first-order valence-electron chi connectivity index (χ1n) is 8.28. The molecule has 0 radical (unpaired) electrons. The number of hydrogen-bond donors (Lipinski definition) is 3. The second-order valence-corrected chi connectivity index (χ2v) is 8.47. The molecule has 148 valence electrons. The van der Waals surface area contributed by atoms with Crippen LogP contribution in [0.3, 0.4) is 0 Å². The number of aromatic nitrogens is 1. The summed E-state index contributed by atoms with van der Waals surface area (Å²) >= 11 is 4.07. The Morgan fingerprint density at radius 2 is 2.00 bits per heavy atom. The van der Waals surface area contributed by atoms with Crippen molar-refractivity contribution in [2.24, 2.45) is 10.7 Å². The zero-order valence-electron chi connectivity index (χ0n) is 15.6. The van der Waals surface area contributed by atoms with E-state index in [1.54, 1.807) is 6.26 Å². The second kappa shape index (κ2) is 11.3. The van der Waals surface area contributed by atoms with Gasteiger partial charge in [0.15, 0.2) is 5.17 Å². The highest BCUT2D eigenvalue weighted by Crippen LogP contribution is 2.31. The summed E-state index contributed by atoms with van der Waals surface area (Å²) in [7, 11) is 0. The molecule has 28 heavy (non-hydrogen) atoms. The van der Waals surface area contributed by atoms with E-state index in [1.807, 2.05) is 43.3 Å². The number of benzene rings is 1. The molecule has 0 aliphatic heterocycles. The summed E-state index contributed by atoms with van der Waals surface area (Å²) in [5.74, 6) is -0.0141. The maximum Gasteiger partial charge on any atom is 0.277 e. The van der Waals surface area contributed by atoms with E-state index in [9.17, 15) is 4.79 Å². The molecule has 4 N–H and O–H groups in total. The monoisotopic (exact) mass is 434 g/mol. The van der Waals surface area contributed by atoms with Gasteiger partial charge < -0.3 is 10.8 Å². The highest BCUT2D eigenvalue weighted by Gasteiger charge is 2.17. The number of aryl methyl sites for hydroxylation is 1. The van der Waals surface area contributed by atoms with Crippen LogP contribution in [0.15, 0.2) is 68.5 Å². The molecule has 0 aliphatic carbocycles. The minimum absolute atomic E-state index is 0.263. The summed E-state index contributed by atoms with van der Waals surface area (Å²) in [5, 5.41) is 12.8. The summed E-state index contributed by atoms with van der Waals surface area (Å²) in [6.07, 6.45) is 1.78. The Hall–Kier alpha value is -1.78. The lowest BCUT2D eigenvalue weighted by molar-refractivity contribution is 0.0969. The fraction of sp³-hybridized carbons (Fsp3) is 0.211. The predicted octanol–water partition coefficient (Wildman–Crippen LogP) is 3.50. The van der Waals surface area contributed by atoms with Gasteiger partial charge in [-0.15, -0.1) is 0 Å². The number of nitrogens with one attached hydrogen (secondary N) is 1. The number of thioether (sulfide) groups is 2. The van der Waals surface area contributed by atoms with Crippen molar-refractivity contribution in [3.8, 4) is 0 Å². The number of aliphatic imine (C=N–C) groups is 1. The van der Waals surface area contributed by atoms with Gasteiger partial charge in [-0.2, -0.15) is 0 Å². The molecule has 9 heteroatoms. The van der Waals surface area contributed by atoms with Gasteiger partial charge in [0, 0.05) is 15.7 Å². The van der Waals surface area contributed by atoms with E-state index in [0.29, 0.717) is 21.8 Å². The lowest BCUT2D eigenvalue weighted by Crippen LogP contribution is -2.29. The van der Waals surface area contributed by atoms with E-state index in [1.165, 1.54) is 40.8 Å². The Morgan fingerprint density at radius 1 is 1.29 bits per heavy atom. The Bertz CT molecular complexity index is 870. The third-order valence-electron chi connectivity index (χ3n) is 3.38. The molecule has 0 unspecified atom stereocenters. The number of pyridine rings is 1. The maximum absolute atomic E-state index is 12.9. The SMILES string of the molecule is C=C(CO)N=C(NC(=O)c1nc(SCN)ccc1Sc1ccc(C)cc1)SC. The molecule has 1 heterocycles. The number of aliphatic hydroxyl groups excluding tert-OH is 1. The molecule has 0 bridgehead atoms. The molecule has 6 nitrogen and oxygen atoms in total. The second-order valence-electron chi connectivity index (χ2n) is 5.52. The number of nitrogens with two attached hydrogens (primary N) is 1. The van der Waals surface area contributed by atoms with Crippen LogP contribution >= 0.6 is 35.3 Å². The number of carbonyl (C=O) groups is 1. The van der Waals surface area contributed by atoms with E-state index in [4.69, 9.17) is 10.8 Å². The number of rotatable bonds is 7. The Labute approximate surface area is 177 Å². The number of amidine groups is 1. The quantitative estimate of drug-likeness (QED) is 0.265. The highest BCUT2D eigenvalue weighted by atomic mass is 32.2. The summed E-state index contributed by atoms with van der Waals surface area (Å²) in [6.45, 7) is 5.36. The van der Waals surface area contributed by atoms with Crippen molar-refractivity contribution in [2.45, 2.75) is 21.7 Å². The zero-order valence-corrected chi connectivity index (χ0v) is 18.1. The molecular weight excluding hydrogens is 412 g/mol. The molecule has 0 aliphatic rings. The number of aliphatic hydroxyl groups is 1. The van der Waals surface area contributed by atoms with Crippen molar-refractivity contribution in [1.82, 2.24) is 10.3 Å². The molecular formula is C19H22N4O2S3. The molecule has 0 spiro atoms. The number of nitrogens with zero attached hydrogens (tertiary/aromatic N) is 2. The van der Waals surface area contributed by atoms with Gasteiger partial charge in [-0.1, -0.05) is 59.6 Å². The van der Waals surface area contributed by atoms with Crippen LogP contribution in [0.4, 0.5) is 0 Å². The fourth-order valence-electron chi connectivity index (χ4n) is 2.03. The third-order valence-corrected chi connectivity index (χ3v) is 5.71. The number of carbonyl (C=O) groups excluding carboxylic acids is 1. The first-order valence-corrected chi connectivity index (χ1v) is 11.3. The summed E-state index contributed by atoms with van der Waals surface area (Å²) in [5.41, 5.74) is 7.32. The van der Waals surface area contributed by atoms with Gasteiger partial charge in [0.1, 0.15) is 5.69 Å². The molecule has 2 aromatic rings. The predicted molar refractivity (Wildman–Crippen MR) is 119 cm³/mol. The van der Waals surface area contributed by atoms with Gasteiger partial charge in [-0.25, -0.2) is 9.98 Å². The summed E-state index contributed by atoms with van der Waals surface area (Å²) < 4.78 is 0. The van der Waals surface area contributed by atoms with Crippen molar-refractivity contribution < 1.29 is 9.90 Å². The van der Waals surface area contributed by atoms with E-state index < -0.39 is 0 Å². The Balaban J connectivity index is 2.33. The van der Waals surface area contributed by atoms with E-state index in [2.05, 4.69) is 21.9 Å². The van der Waals surface area contributed by atoms with Gasteiger partial charge in [0.25, 0.3) is 5.91 Å². The van der Waals surface area contributed by atoms with Crippen LogP contribution < -0.4 is 11.1 Å². The lowest BCUT2D eigenvalue weighted by Gasteiger charge is -2.11. The van der Waals surface area contributed by atoms with Crippen molar-refractivity contribution in [3.05, 3.63) is 59.9 Å². The van der Waals surface area contributed by atoms with E-state index >= 15 is 0 Å². The van der Waals surface area contributed by atoms with Crippen molar-refractivity contribution >= 4 is 46.4 Å². The first-order chi connectivity index (χ1) is 13.5. The normalized spacial score (nSPS) is 11.4. The van der Waals surface area contributed by atoms with Crippen molar-refractivity contribution in [1.29, 1.82) is 0 Å². The van der Waals surface area contributed by atoms with Crippen LogP contribution in [0.5, 0.6) is 0 Å². The smallest absolute Gasteiger partial charge is 0.277 e. The summed E-state index contributed by atoms with van der Waals surface area (Å²) in [4.78, 5) is 23.2. The topological polar surface area (TPSA) is 101 Å². The minimum Gasteiger partial charge on any atom is -0.390 e. The number of hydrogen-bond acceptors (Lipinski definition) is 8. The first kappa shape index (κ1) is 22.5. The van der Waals surface area contributed by atoms with E-state index in [-0.39, 0.29) is 18.2 Å². The molecule has 0 atom stereocenters. The highest BCUT2D eigenvalue weighted by molar-refractivity contribution is 8.13. The Kier molecular flexibility index (Phi) is 9.07. The van der Waals surface area contributed by atoms with Gasteiger partial charge >= 0.3 is 0 Å². The standard InChI is InChI=1S/C19H22N4O2S3/c1-12-4-6-14(7-5-12)28-15-8-9-16(27-11-20)22-17(15)18(25)23-19(26-3)21-13(2)10-24/h4-9,24H,2,10-11,20H2,1,3H3,(H,21,23,25). The largest absolute Gasteiger partial charge is 0.390 e. The molecule has 0 fully saturated rings.